The Morgan fingerprint density at radius 1 is 1.07 bits per heavy atom. The molecule has 1 aliphatic heterocycles. The van der Waals surface area contributed by atoms with Crippen molar-refractivity contribution in [2.24, 2.45) is 0 Å². The van der Waals surface area contributed by atoms with Crippen LogP contribution in [0.1, 0.15) is 36.8 Å². The first-order chi connectivity index (χ1) is 19.7. The molecule has 3 N–H and O–H groups in total. The summed E-state index contributed by atoms with van der Waals surface area (Å²) in [5.41, 5.74) is 3.53. The Morgan fingerprint density at radius 2 is 1.85 bits per heavy atom. The number of sulfonamides is 1. The minimum atomic E-state index is -3.70. The minimum absolute atomic E-state index is 0.110. The molecule has 220 valence electrons. The molecule has 0 bridgehead atoms. The van der Waals surface area contributed by atoms with Gasteiger partial charge in [-0.05, 0) is 74.4 Å². The summed E-state index contributed by atoms with van der Waals surface area (Å²) in [6.45, 7) is 1.79. The number of piperidine rings is 1. The summed E-state index contributed by atoms with van der Waals surface area (Å²) < 4.78 is 32.8. The summed E-state index contributed by atoms with van der Waals surface area (Å²) in [6, 6.07) is 11.1. The Kier molecular flexibility index (Phi) is 9.00. The molecule has 12 heteroatoms. The van der Waals surface area contributed by atoms with Gasteiger partial charge in [-0.25, -0.2) is 17.7 Å². The van der Waals surface area contributed by atoms with Gasteiger partial charge >= 0.3 is 0 Å². The van der Waals surface area contributed by atoms with E-state index < -0.39 is 10.0 Å². The average Bonchev–Trinajstić information content (AvgIpc) is 3.18. The number of halogens is 1. The molecular weight excluding hydrogens is 564 g/mol. The fraction of sp³-hybridized carbons (Fsp3) is 0.448. The zero-order chi connectivity index (χ0) is 29.1. The van der Waals surface area contributed by atoms with Gasteiger partial charge < -0.3 is 20.5 Å². The largest absolute Gasteiger partial charge is 0.494 e. The number of aromatic nitrogens is 2. The van der Waals surface area contributed by atoms with Crippen molar-refractivity contribution in [1.82, 2.24) is 19.2 Å². The number of aryl methyl sites for hydroxylation is 1. The van der Waals surface area contributed by atoms with Crippen molar-refractivity contribution in [3.8, 4) is 5.75 Å². The van der Waals surface area contributed by atoms with Gasteiger partial charge in [0.2, 0.25) is 16.0 Å². The summed E-state index contributed by atoms with van der Waals surface area (Å²) in [5, 5.41) is 16.8. The van der Waals surface area contributed by atoms with E-state index in [1.54, 1.807) is 25.3 Å². The molecule has 2 heterocycles. The molecule has 1 fully saturated rings. The third-order valence-electron chi connectivity index (χ3n) is 7.87. The van der Waals surface area contributed by atoms with E-state index in [-0.39, 0.29) is 27.8 Å². The summed E-state index contributed by atoms with van der Waals surface area (Å²) in [6.07, 6.45) is 7.03. The van der Waals surface area contributed by atoms with Crippen molar-refractivity contribution in [2.45, 2.75) is 55.6 Å². The molecule has 1 aromatic heterocycles. The topological polar surface area (TPSA) is 120 Å². The highest BCUT2D eigenvalue weighted by atomic mass is 35.5. The molecule has 2 unspecified atom stereocenters. The van der Waals surface area contributed by atoms with E-state index in [1.807, 2.05) is 6.07 Å². The average molecular weight is 601 g/mol. The number of hydrogen-bond acceptors (Lipinski definition) is 9. The number of likely N-dealkylation sites (tertiary alicyclic amines) is 1. The van der Waals surface area contributed by atoms with Crippen molar-refractivity contribution in [3.05, 3.63) is 58.7 Å². The molecular formula is C29H37ClN6O4S. The second-order valence-corrected chi connectivity index (χ2v) is 13.3. The number of β-amino-alcohol motifs (C(OH)–C–C–N with tert-alkyl or cyclic N) is 1. The van der Waals surface area contributed by atoms with Gasteiger partial charge in [-0.2, -0.15) is 4.98 Å². The number of ether oxygens (including phenoxy) is 1. The molecule has 1 saturated heterocycles. The number of rotatable bonds is 8. The molecule has 0 saturated carbocycles. The Labute approximate surface area is 246 Å². The first-order valence-corrected chi connectivity index (χ1v) is 15.7. The second-order valence-electron chi connectivity index (χ2n) is 10.7. The van der Waals surface area contributed by atoms with Gasteiger partial charge in [0.05, 0.1) is 30.8 Å². The molecule has 0 amide bonds. The number of nitrogens with one attached hydrogen (secondary N) is 2. The zero-order valence-electron chi connectivity index (χ0n) is 23.6. The Balaban J connectivity index is 1.38. The molecule has 41 heavy (non-hydrogen) atoms. The zero-order valence-corrected chi connectivity index (χ0v) is 25.2. The maximum absolute atomic E-state index is 12.9. The fourth-order valence-electron chi connectivity index (χ4n) is 5.72. The van der Waals surface area contributed by atoms with Gasteiger partial charge in [-0.1, -0.05) is 29.8 Å². The number of methoxy groups -OCH3 is 1. The Morgan fingerprint density at radius 3 is 2.61 bits per heavy atom. The van der Waals surface area contributed by atoms with Gasteiger partial charge in [0.1, 0.15) is 15.7 Å². The standard InChI is InChI=1S/C29H37ClN6O4S/c1-35(2)41(38,39)26-9-5-4-8-24(26)32-28-23(30)17-31-29(34-28)33-25-15-11-19-10-12-20(13-14-22(19)27(25)40-3)36-16-6-7-21(37)18-36/h4-5,8-9,11,15,17,20-21,37H,6-7,10,12-14,16,18H2,1-3H3,(H2,31,32,33,34). The number of nitrogens with zero attached hydrogens (tertiary/aromatic N) is 4. The van der Waals surface area contributed by atoms with Gasteiger partial charge in [0, 0.05) is 26.7 Å². The highest BCUT2D eigenvalue weighted by Crippen LogP contribution is 2.38. The van der Waals surface area contributed by atoms with Crippen molar-refractivity contribution < 1.29 is 18.3 Å². The van der Waals surface area contributed by atoms with Crippen LogP contribution in [0.2, 0.25) is 5.02 Å². The lowest BCUT2D eigenvalue weighted by Gasteiger charge is -2.36. The van der Waals surface area contributed by atoms with Crippen molar-refractivity contribution >= 4 is 44.8 Å². The molecule has 1 aliphatic carbocycles. The van der Waals surface area contributed by atoms with Crippen LogP contribution in [0.4, 0.5) is 23.1 Å². The molecule has 0 spiro atoms. The van der Waals surface area contributed by atoms with E-state index in [2.05, 4.69) is 31.6 Å². The lowest BCUT2D eigenvalue weighted by molar-refractivity contribution is 0.0425. The third-order valence-corrected chi connectivity index (χ3v) is 10.0. The minimum Gasteiger partial charge on any atom is -0.494 e. The second kappa shape index (κ2) is 12.5. The van der Waals surface area contributed by atoms with Crippen LogP contribution in [0.25, 0.3) is 0 Å². The summed E-state index contributed by atoms with van der Waals surface area (Å²) in [4.78, 5) is 11.5. The molecule has 3 aromatic rings. The predicted molar refractivity (Wildman–Crippen MR) is 161 cm³/mol. The molecule has 2 aromatic carbocycles. The smallest absolute Gasteiger partial charge is 0.244 e. The summed E-state index contributed by atoms with van der Waals surface area (Å²) in [5.74, 6) is 1.32. The lowest BCUT2D eigenvalue weighted by atomic mass is 10.0. The maximum atomic E-state index is 12.9. The molecule has 5 rings (SSSR count). The number of aliphatic hydroxyl groups excluding tert-OH is 1. The first kappa shape index (κ1) is 29.5. The predicted octanol–water partition coefficient (Wildman–Crippen LogP) is 4.58. The number of anilines is 4. The normalized spacial score (nSPS) is 19.9. The molecule has 2 aliphatic rings. The van der Waals surface area contributed by atoms with Crippen molar-refractivity contribution in [2.75, 3.05) is 44.9 Å². The molecule has 0 radical (unpaired) electrons. The van der Waals surface area contributed by atoms with Gasteiger partial charge in [-0.3, -0.25) is 4.90 Å². The van der Waals surface area contributed by atoms with Crippen LogP contribution in [-0.2, 0) is 22.9 Å². The highest BCUT2D eigenvalue weighted by molar-refractivity contribution is 7.89. The van der Waals surface area contributed by atoms with E-state index in [1.165, 1.54) is 37.5 Å². The number of benzene rings is 2. The van der Waals surface area contributed by atoms with Crippen LogP contribution in [0.5, 0.6) is 5.75 Å². The molecule has 2 atom stereocenters. The first-order valence-electron chi connectivity index (χ1n) is 13.9. The maximum Gasteiger partial charge on any atom is 0.244 e. The van der Waals surface area contributed by atoms with Crippen LogP contribution in [0, 0.1) is 0 Å². The van der Waals surface area contributed by atoms with E-state index in [4.69, 9.17) is 16.3 Å². The third kappa shape index (κ3) is 6.44. The van der Waals surface area contributed by atoms with Crippen LogP contribution in [0.15, 0.2) is 47.5 Å². The van der Waals surface area contributed by atoms with Gasteiger partial charge in [0.15, 0.2) is 5.82 Å². The highest BCUT2D eigenvalue weighted by Gasteiger charge is 2.28. The van der Waals surface area contributed by atoms with Crippen molar-refractivity contribution in [1.29, 1.82) is 0 Å². The van der Waals surface area contributed by atoms with Crippen LogP contribution in [-0.4, -0.2) is 79.1 Å². The van der Waals surface area contributed by atoms with Crippen LogP contribution in [0.3, 0.4) is 0 Å². The van der Waals surface area contributed by atoms with Crippen molar-refractivity contribution in [3.63, 3.8) is 0 Å². The molecule has 10 nitrogen and oxygen atoms in total. The monoisotopic (exact) mass is 600 g/mol. The summed E-state index contributed by atoms with van der Waals surface area (Å²) >= 11 is 6.42. The summed E-state index contributed by atoms with van der Waals surface area (Å²) in [7, 11) is 0.939. The Hall–Kier alpha value is -2.96. The lowest BCUT2D eigenvalue weighted by Crippen LogP contribution is -2.44. The fourth-order valence-corrected chi connectivity index (χ4v) is 6.90. The number of aliphatic hydroxyl groups is 1. The Bertz CT molecular complexity index is 1500. The quantitative estimate of drug-likeness (QED) is 0.319. The van der Waals surface area contributed by atoms with Gasteiger partial charge in [0.25, 0.3) is 0 Å². The van der Waals surface area contributed by atoms with Gasteiger partial charge in [-0.15, -0.1) is 0 Å². The van der Waals surface area contributed by atoms with E-state index in [0.717, 1.165) is 67.4 Å². The van der Waals surface area contributed by atoms with Crippen LogP contribution < -0.4 is 15.4 Å². The number of fused-ring (bicyclic) bond motifs is 1. The van der Waals surface area contributed by atoms with E-state index >= 15 is 0 Å². The van der Waals surface area contributed by atoms with E-state index in [0.29, 0.717) is 11.7 Å². The number of para-hydroxylation sites is 1. The van der Waals surface area contributed by atoms with Crippen LogP contribution >= 0.6 is 11.6 Å². The SMILES string of the molecule is COc1c(Nc2ncc(Cl)c(Nc3ccccc3S(=O)(=O)N(C)C)n2)ccc2c1CCC(N1CCCC(O)C1)CC2. The number of hydrogen-bond donors (Lipinski definition) is 3. The van der Waals surface area contributed by atoms with E-state index in [9.17, 15) is 13.5 Å².